The van der Waals surface area contributed by atoms with E-state index in [1.807, 2.05) is 68.8 Å². The van der Waals surface area contributed by atoms with Gasteiger partial charge in [0, 0.05) is 12.7 Å². The molecule has 1 unspecified atom stereocenters. The van der Waals surface area contributed by atoms with E-state index in [0.717, 1.165) is 22.6 Å². The van der Waals surface area contributed by atoms with Crippen molar-refractivity contribution in [1.29, 1.82) is 0 Å². The zero-order valence-corrected chi connectivity index (χ0v) is 18.2. The lowest BCUT2D eigenvalue weighted by atomic mass is 10.1. The van der Waals surface area contributed by atoms with Gasteiger partial charge in [-0.15, -0.1) is 10.2 Å². The van der Waals surface area contributed by atoms with Crippen molar-refractivity contribution in [1.82, 2.24) is 14.8 Å². The van der Waals surface area contributed by atoms with Crippen LogP contribution in [0.5, 0.6) is 5.75 Å². The number of anilines is 1. The number of ether oxygens (including phenoxy) is 1. The third-order valence-corrected chi connectivity index (χ3v) is 5.64. The summed E-state index contributed by atoms with van der Waals surface area (Å²) in [5.74, 6) is 1.73. The van der Waals surface area contributed by atoms with Gasteiger partial charge < -0.3 is 14.6 Å². The molecule has 29 heavy (non-hydrogen) atoms. The van der Waals surface area contributed by atoms with Gasteiger partial charge in [0.05, 0.1) is 5.75 Å². The first-order chi connectivity index (χ1) is 13.8. The fourth-order valence-electron chi connectivity index (χ4n) is 3.01. The topological polar surface area (TPSA) is 69.0 Å². The van der Waals surface area contributed by atoms with Crippen LogP contribution in [0.4, 0.5) is 5.69 Å². The quantitative estimate of drug-likeness (QED) is 0.576. The van der Waals surface area contributed by atoms with E-state index < -0.39 is 0 Å². The number of hydrogen-bond acceptors (Lipinski definition) is 5. The van der Waals surface area contributed by atoms with Crippen LogP contribution in [0, 0.1) is 20.8 Å². The van der Waals surface area contributed by atoms with Crippen molar-refractivity contribution in [3.8, 4) is 5.75 Å². The SMILES string of the molecule is Cc1ccc(OC(C)c2nnc(SCC(=O)Nc3ccccc3C)n2C)c(C)c1. The minimum absolute atomic E-state index is 0.0755. The van der Waals surface area contributed by atoms with E-state index in [0.29, 0.717) is 11.0 Å². The maximum absolute atomic E-state index is 12.3. The van der Waals surface area contributed by atoms with Crippen molar-refractivity contribution in [2.75, 3.05) is 11.1 Å². The van der Waals surface area contributed by atoms with Crippen LogP contribution < -0.4 is 10.1 Å². The lowest BCUT2D eigenvalue weighted by molar-refractivity contribution is -0.113. The number of aryl methyl sites for hydroxylation is 3. The van der Waals surface area contributed by atoms with Crippen molar-refractivity contribution in [3.63, 3.8) is 0 Å². The van der Waals surface area contributed by atoms with E-state index in [1.165, 1.54) is 17.3 Å². The second-order valence-electron chi connectivity index (χ2n) is 7.08. The first-order valence-corrected chi connectivity index (χ1v) is 10.4. The van der Waals surface area contributed by atoms with Gasteiger partial charge >= 0.3 is 0 Å². The monoisotopic (exact) mass is 410 g/mol. The summed E-state index contributed by atoms with van der Waals surface area (Å²) >= 11 is 1.35. The molecule has 152 valence electrons. The summed E-state index contributed by atoms with van der Waals surface area (Å²) < 4.78 is 7.96. The summed E-state index contributed by atoms with van der Waals surface area (Å²) in [6, 6.07) is 13.8. The van der Waals surface area contributed by atoms with Gasteiger partial charge in [-0.2, -0.15) is 0 Å². The molecule has 6 nitrogen and oxygen atoms in total. The van der Waals surface area contributed by atoms with Gasteiger partial charge in [0.2, 0.25) is 5.91 Å². The molecule has 3 aromatic rings. The number of thioether (sulfide) groups is 1. The van der Waals surface area contributed by atoms with Crippen LogP contribution in [-0.4, -0.2) is 26.4 Å². The van der Waals surface area contributed by atoms with Gasteiger partial charge in [0.25, 0.3) is 0 Å². The summed E-state index contributed by atoms with van der Waals surface area (Å²) in [5.41, 5.74) is 4.14. The maximum atomic E-state index is 12.3. The Balaban J connectivity index is 1.61. The van der Waals surface area contributed by atoms with E-state index in [2.05, 4.69) is 28.5 Å². The average molecular weight is 411 g/mol. The normalized spacial score (nSPS) is 11.9. The van der Waals surface area contributed by atoms with E-state index in [9.17, 15) is 4.79 Å². The van der Waals surface area contributed by atoms with Crippen LogP contribution in [0.15, 0.2) is 47.6 Å². The van der Waals surface area contributed by atoms with Crippen LogP contribution >= 0.6 is 11.8 Å². The van der Waals surface area contributed by atoms with Gasteiger partial charge in [-0.05, 0) is 51.0 Å². The number of benzene rings is 2. The van der Waals surface area contributed by atoms with Crippen molar-refractivity contribution in [2.45, 2.75) is 39.0 Å². The number of hydrogen-bond donors (Lipinski definition) is 1. The van der Waals surface area contributed by atoms with Gasteiger partial charge in [-0.3, -0.25) is 4.79 Å². The molecule has 0 aliphatic rings. The largest absolute Gasteiger partial charge is 0.482 e. The Bertz CT molecular complexity index is 1020. The van der Waals surface area contributed by atoms with E-state index in [-0.39, 0.29) is 17.8 Å². The Morgan fingerprint density at radius 3 is 2.62 bits per heavy atom. The number of carbonyl (C=O) groups is 1. The first-order valence-electron chi connectivity index (χ1n) is 9.46. The highest BCUT2D eigenvalue weighted by molar-refractivity contribution is 7.99. The molecule has 1 atom stereocenters. The molecular weight excluding hydrogens is 384 g/mol. The summed E-state index contributed by atoms with van der Waals surface area (Å²) in [6.45, 7) is 8.00. The molecule has 0 aliphatic carbocycles. The van der Waals surface area contributed by atoms with Crippen molar-refractivity contribution >= 4 is 23.4 Å². The Morgan fingerprint density at radius 1 is 1.14 bits per heavy atom. The van der Waals surface area contributed by atoms with Gasteiger partial charge in [-0.1, -0.05) is 47.7 Å². The molecule has 0 bridgehead atoms. The Hall–Kier alpha value is -2.80. The molecule has 0 aliphatic heterocycles. The van der Waals surface area contributed by atoms with Gasteiger partial charge in [0.15, 0.2) is 17.1 Å². The second kappa shape index (κ2) is 9.13. The standard InChI is InChI=1S/C22H26N4O2S/c1-14-10-11-19(16(3)12-14)28-17(4)21-24-25-22(26(21)5)29-13-20(27)23-18-9-7-6-8-15(18)2/h6-12,17H,13H2,1-5H3,(H,23,27). The minimum Gasteiger partial charge on any atom is -0.482 e. The Morgan fingerprint density at radius 2 is 1.90 bits per heavy atom. The molecule has 1 N–H and O–H groups in total. The number of nitrogens with zero attached hydrogens (tertiary/aromatic N) is 3. The molecule has 3 rings (SSSR count). The van der Waals surface area contributed by atoms with Crippen molar-refractivity contribution < 1.29 is 9.53 Å². The van der Waals surface area contributed by atoms with Crippen LogP contribution in [0.2, 0.25) is 0 Å². The van der Waals surface area contributed by atoms with E-state index >= 15 is 0 Å². The predicted molar refractivity (Wildman–Crippen MR) is 116 cm³/mol. The van der Waals surface area contributed by atoms with Crippen LogP contribution in [-0.2, 0) is 11.8 Å². The Labute approximate surface area is 175 Å². The van der Waals surface area contributed by atoms with E-state index in [4.69, 9.17) is 4.74 Å². The zero-order chi connectivity index (χ0) is 21.0. The molecule has 0 saturated carbocycles. The third kappa shape index (κ3) is 5.17. The highest BCUT2D eigenvalue weighted by Crippen LogP contribution is 2.26. The zero-order valence-electron chi connectivity index (χ0n) is 17.4. The fraction of sp³-hybridized carbons (Fsp3) is 0.318. The molecule has 1 amide bonds. The fourth-order valence-corrected chi connectivity index (χ4v) is 3.73. The smallest absolute Gasteiger partial charge is 0.234 e. The number of carbonyl (C=O) groups excluding carboxylic acids is 1. The minimum atomic E-state index is -0.260. The van der Waals surface area contributed by atoms with Crippen molar-refractivity contribution in [2.24, 2.45) is 7.05 Å². The molecule has 0 radical (unpaired) electrons. The van der Waals surface area contributed by atoms with Gasteiger partial charge in [0.1, 0.15) is 5.75 Å². The highest BCUT2D eigenvalue weighted by atomic mass is 32.2. The molecule has 0 fully saturated rings. The predicted octanol–water partition coefficient (Wildman–Crippen LogP) is 4.61. The second-order valence-corrected chi connectivity index (χ2v) is 8.02. The molecular formula is C22H26N4O2S. The van der Waals surface area contributed by atoms with Crippen LogP contribution in [0.1, 0.15) is 35.5 Å². The first kappa shape index (κ1) is 20.9. The number of nitrogens with one attached hydrogen (secondary N) is 1. The highest BCUT2D eigenvalue weighted by Gasteiger charge is 2.19. The molecule has 7 heteroatoms. The third-order valence-electron chi connectivity index (χ3n) is 4.62. The van der Waals surface area contributed by atoms with Crippen molar-refractivity contribution in [3.05, 3.63) is 65.0 Å². The molecule has 0 saturated heterocycles. The summed E-state index contributed by atoms with van der Waals surface area (Å²) in [4.78, 5) is 12.3. The van der Waals surface area contributed by atoms with Gasteiger partial charge in [-0.25, -0.2) is 0 Å². The van der Waals surface area contributed by atoms with Crippen LogP contribution in [0.25, 0.3) is 0 Å². The average Bonchev–Trinajstić information content (AvgIpc) is 3.05. The lowest BCUT2D eigenvalue weighted by Crippen LogP contribution is -2.15. The van der Waals surface area contributed by atoms with Crippen LogP contribution in [0.3, 0.4) is 0 Å². The number of rotatable bonds is 7. The molecule has 1 heterocycles. The van der Waals surface area contributed by atoms with E-state index in [1.54, 1.807) is 0 Å². The number of amides is 1. The number of para-hydroxylation sites is 1. The number of aromatic nitrogens is 3. The summed E-state index contributed by atoms with van der Waals surface area (Å²) in [5, 5.41) is 12.1. The summed E-state index contributed by atoms with van der Waals surface area (Å²) in [7, 11) is 1.89. The Kier molecular flexibility index (Phi) is 6.59. The maximum Gasteiger partial charge on any atom is 0.234 e. The summed E-state index contributed by atoms with van der Waals surface area (Å²) in [6.07, 6.45) is -0.260. The molecule has 1 aromatic heterocycles. The lowest BCUT2D eigenvalue weighted by Gasteiger charge is -2.16. The molecule has 2 aromatic carbocycles. The molecule has 0 spiro atoms.